The van der Waals surface area contributed by atoms with Gasteiger partial charge in [-0.3, -0.25) is 14.9 Å². The minimum Gasteiger partial charge on any atom is -0.497 e. The Labute approximate surface area is 163 Å². The van der Waals surface area contributed by atoms with Gasteiger partial charge >= 0.3 is 0 Å². The lowest BCUT2D eigenvalue weighted by Crippen LogP contribution is -3.11. The zero-order valence-electron chi connectivity index (χ0n) is 15.9. The van der Waals surface area contributed by atoms with Gasteiger partial charge in [-0.15, -0.1) is 0 Å². The monoisotopic (exact) mass is 386 g/mol. The number of likely N-dealkylation sites (tertiary alicyclic amines) is 1. The second kappa shape index (κ2) is 8.71. The van der Waals surface area contributed by atoms with Gasteiger partial charge in [0.05, 0.1) is 31.3 Å². The van der Waals surface area contributed by atoms with Crippen LogP contribution >= 0.6 is 0 Å². The van der Waals surface area contributed by atoms with Crippen LogP contribution in [0.4, 0.5) is 11.4 Å². The van der Waals surface area contributed by atoms with Gasteiger partial charge < -0.3 is 19.7 Å². The first-order chi connectivity index (χ1) is 13.5. The number of rotatable bonds is 7. The molecule has 2 aromatic rings. The highest BCUT2D eigenvalue weighted by Crippen LogP contribution is 2.31. The molecule has 0 radical (unpaired) electrons. The molecule has 1 aliphatic heterocycles. The van der Waals surface area contributed by atoms with E-state index in [0.717, 1.165) is 41.3 Å². The van der Waals surface area contributed by atoms with Gasteiger partial charge in [0.1, 0.15) is 17.5 Å². The number of benzene rings is 2. The standard InChI is InChI=1S/C20H23N3O5/c1-27-16-9-10-19(28-2)17(12-16)18-4-3-11-22(18)13-20(24)21-14-5-7-15(8-6-14)23(25)26/h5-10,12,18H,3-4,11,13H2,1-2H3,(H,21,24)/p+1/t18-/m1/s1. The molecule has 2 atom stereocenters. The third-order valence-electron chi connectivity index (χ3n) is 5.05. The SMILES string of the molecule is COc1ccc(OC)c([C@H]2CCC[NH+]2CC(=O)Nc2ccc([N+](=O)[O-])cc2)c1. The lowest BCUT2D eigenvalue weighted by molar-refractivity contribution is -0.910. The summed E-state index contributed by atoms with van der Waals surface area (Å²) in [7, 11) is 3.27. The van der Waals surface area contributed by atoms with Gasteiger partial charge in [0.2, 0.25) is 0 Å². The highest BCUT2D eigenvalue weighted by atomic mass is 16.6. The van der Waals surface area contributed by atoms with Gasteiger partial charge in [-0.2, -0.15) is 0 Å². The number of nitrogens with one attached hydrogen (secondary N) is 2. The number of nitrogens with zero attached hydrogens (tertiary/aromatic N) is 1. The Balaban J connectivity index is 1.69. The average Bonchev–Trinajstić information content (AvgIpc) is 3.15. The molecule has 0 saturated carbocycles. The van der Waals surface area contributed by atoms with Crippen molar-refractivity contribution in [2.75, 3.05) is 32.6 Å². The Hall–Kier alpha value is -3.13. The van der Waals surface area contributed by atoms with E-state index in [0.29, 0.717) is 12.2 Å². The van der Waals surface area contributed by atoms with E-state index in [-0.39, 0.29) is 17.6 Å². The van der Waals surface area contributed by atoms with Crippen molar-refractivity contribution in [2.45, 2.75) is 18.9 Å². The molecular weight excluding hydrogens is 362 g/mol. The fraction of sp³-hybridized carbons (Fsp3) is 0.350. The molecular formula is C20H24N3O5+. The highest BCUT2D eigenvalue weighted by Gasteiger charge is 2.34. The van der Waals surface area contributed by atoms with E-state index in [2.05, 4.69) is 5.32 Å². The molecule has 0 spiro atoms. The molecule has 1 amide bonds. The van der Waals surface area contributed by atoms with Gasteiger partial charge in [0.25, 0.3) is 11.6 Å². The Morgan fingerprint density at radius 2 is 1.96 bits per heavy atom. The molecule has 2 N–H and O–H groups in total. The zero-order valence-corrected chi connectivity index (χ0v) is 15.9. The second-order valence-corrected chi connectivity index (χ2v) is 6.74. The second-order valence-electron chi connectivity index (χ2n) is 6.74. The fourth-order valence-corrected chi connectivity index (χ4v) is 3.69. The van der Waals surface area contributed by atoms with E-state index in [1.165, 1.54) is 24.3 Å². The van der Waals surface area contributed by atoms with Crippen molar-refractivity contribution < 1.29 is 24.1 Å². The number of nitro benzene ring substituents is 1. The topological polar surface area (TPSA) is 95.1 Å². The summed E-state index contributed by atoms with van der Waals surface area (Å²) < 4.78 is 10.9. The molecule has 1 saturated heterocycles. The van der Waals surface area contributed by atoms with E-state index in [1.807, 2.05) is 18.2 Å². The molecule has 8 heteroatoms. The molecule has 1 heterocycles. The quantitative estimate of drug-likeness (QED) is 0.560. The summed E-state index contributed by atoms with van der Waals surface area (Å²) in [4.78, 5) is 23.9. The molecule has 8 nitrogen and oxygen atoms in total. The molecule has 1 unspecified atom stereocenters. The largest absolute Gasteiger partial charge is 0.497 e. The number of carbonyl (C=O) groups is 1. The minimum absolute atomic E-state index is 0.00616. The number of quaternary nitrogens is 1. The Morgan fingerprint density at radius 1 is 1.21 bits per heavy atom. The van der Waals surface area contributed by atoms with Crippen LogP contribution in [0, 0.1) is 10.1 Å². The average molecular weight is 386 g/mol. The van der Waals surface area contributed by atoms with Crippen LogP contribution in [0.3, 0.4) is 0 Å². The Bertz CT molecular complexity index is 853. The molecule has 0 aliphatic carbocycles. The summed E-state index contributed by atoms with van der Waals surface area (Å²) in [5.41, 5.74) is 1.58. The molecule has 0 bridgehead atoms. The minimum atomic E-state index is -0.466. The maximum Gasteiger partial charge on any atom is 0.279 e. The van der Waals surface area contributed by atoms with Crippen LogP contribution in [0.5, 0.6) is 11.5 Å². The number of ether oxygens (including phenoxy) is 2. The molecule has 148 valence electrons. The predicted octanol–water partition coefficient (Wildman–Crippen LogP) is 1.97. The first-order valence-electron chi connectivity index (χ1n) is 9.12. The summed E-state index contributed by atoms with van der Waals surface area (Å²) in [5.74, 6) is 1.43. The third-order valence-corrected chi connectivity index (χ3v) is 5.05. The lowest BCUT2D eigenvalue weighted by Gasteiger charge is -2.23. The first kappa shape index (κ1) is 19.6. The highest BCUT2D eigenvalue weighted by molar-refractivity contribution is 5.91. The summed E-state index contributed by atoms with van der Waals surface area (Å²) in [5, 5.41) is 13.5. The van der Waals surface area contributed by atoms with E-state index >= 15 is 0 Å². The van der Waals surface area contributed by atoms with Crippen LogP contribution in [-0.2, 0) is 4.79 Å². The van der Waals surface area contributed by atoms with Crippen LogP contribution in [0.25, 0.3) is 0 Å². The fourth-order valence-electron chi connectivity index (χ4n) is 3.69. The number of amides is 1. The van der Waals surface area contributed by atoms with Crippen molar-refractivity contribution >= 4 is 17.3 Å². The van der Waals surface area contributed by atoms with Gasteiger partial charge in [-0.1, -0.05) is 0 Å². The summed E-state index contributed by atoms with van der Waals surface area (Å²) in [6, 6.07) is 11.7. The van der Waals surface area contributed by atoms with Gasteiger partial charge in [0, 0.05) is 30.7 Å². The van der Waals surface area contributed by atoms with E-state index in [9.17, 15) is 14.9 Å². The normalized spacial score (nSPS) is 18.5. The molecule has 28 heavy (non-hydrogen) atoms. The number of carbonyl (C=O) groups excluding carboxylic acids is 1. The first-order valence-corrected chi connectivity index (χ1v) is 9.12. The van der Waals surface area contributed by atoms with Crippen LogP contribution in [0.1, 0.15) is 24.4 Å². The van der Waals surface area contributed by atoms with Crippen LogP contribution in [-0.4, -0.2) is 38.1 Å². The number of methoxy groups -OCH3 is 2. The molecule has 2 aromatic carbocycles. The predicted molar refractivity (Wildman–Crippen MR) is 104 cm³/mol. The maximum atomic E-state index is 12.5. The number of hydrogen-bond acceptors (Lipinski definition) is 5. The Morgan fingerprint density at radius 3 is 2.61 bits per heavy atom. The number of non-ortho nitro benzene ring substituents is 1. The van der Waals surface area contributed by atoms with Crippen molar-refractivity contribution in [2.24, 2.45) is 0 Å². The number of anilines is 1. The smallest absolute Gasteiger partial charge is 0.279 e. The molecule has 1 fully saturated rings. The van der Waals surface area contributed by atoms with Crippen LogP contribution in [0.2, 0.25) is 0 Å². The summed E-state index contributed by atoms with van der Waals surface area (Å²) in [6.45, 7) is 1.20. The zero-order chi connectivity index (χ0) is 20.1. The van der Waals surface area contributed by atoms with Crippen molar-refractivity contribution in [3.63, 3.8) is 0 Å². The number of hydrogen-bond donors (Lipinski definition) is 2. The van der Waals surface area contributed by atoms with Crippen molar-refractivity contribution in [3.05, 3.63) is 58.1 Å². The summed E-state index contributed by atoms with van der Waals surface area (Å²) in [6.07, 6.45) is 1.98. The number of nitro groups is 1. The van der Waals surface area contributed by atoms with E-state index in [4.69, 9.17) is 9.47 Å². The van der Waals surface area contributed by atoms with E-state index < -0.39 is 4.92 Å². The van der Waals surface area contributed by atoms with Gasteiger partial charge in [0.15, 0.2) is 6.54 Å². The van der Waals surface area contributed by atoms with Gasteiger partial charge in [-0.05, 0) is 30.3 Å². The third kappa shape index (κ3) is 4.40. The lowest BCUT2D eigenvalue weighted by atomic mass is 10.0. The molecule has 3 rings (SSSR count). The summed E-state index contributed by atoms with van der Waals surface area (Å²) >= 11 is 0. The molecule has 1 aliphatic rings. The van der Waals surface area contributed by atoms with Gasteiger partial charge in [-0.25, -0.2) is 0 Å². The maximum absolute atomic E-state index is 12.5. The Kier molecular flexibility index (Phi) is 6.10. The van der Waals surface area contributed by atoms with Crippen molar-refractivity contribution in [3.8, 4) is 11.5 Å². The van der Waals surface area contributed by atoms with Crippen LogP contribution < -0.4 is 19.7 Å². The van der Waals surface area contributed by atoms with Crippen molar-refractivity contribution in [1.82, 2.24) is 0 Å². The van der Waals surface area contributed by atoms with Crippen LogP contribution in [0.15, 0.2) is 42.5 Å². The van der Waals surface area contributed by atoms with Crippen molar-refractivity contribution in [1.29, 1.82) is 0 Å². The molecule has 0 aromatic heterocycles. The van der Waals surface area contributed by atoms with E-state index in [1.54, 1.807) is 14.2 Å².